The number of ether oxygens (including phenoxy) is 1. The molecule has 0 fully saturated rings. The minimum atomic E-state index is -0.455. The summed E-state index contributed by atoms with van der Waals surface area (Å²) in [5, 5.41) is 13.5. The summed E-state index contributed by atoms with van der Waals surface area (Å²) in [5.74, 6) is 3.30. The summed E-state index contributed by atoms with van der Waals surface area (Å²) in [4.78, 5) is 4.33. The van der Waals surface area contributed by atoms with Crippen LogP contribution in [0.15, 0.2) is 42.7 Å². The Morgan fingerprint density at radius 1 is 1.41 bits per heavy atom. The van der Waals surface area contributed by atoms with Gasteiger partial charge in [-0.2, -0.15) is 0 Å². The fourth-order valence-electron chi connectivity index (χ4n) is 2.18. The average molecular weight is 387 g/mol. The van der Waals surface area contributed by atoms with E-state index in [1.54, 1.807) is 6.20 Å². The van der Waals surface area contributed by atoms with Crippen molar-refractivity contribution in [2.75, 3.05) is 12.9 Å². The van der Waals surface area contributed by atoms with Crippen molar-refractivity contribution in [3.63, 3.8) is 0 Å². The Kier molecular flexibility index (Phi) is 9.20. The second kappa shape index (κ2) is 10.9. The van der Waals surface area contributed by atoms with Crippen LogP contribution in [0.2, 0.25) is 0 Å². The maximum Gasteiger partial charge on any atom is 0.183 e. The minimum absolute atomic E-state index is 0.00360. The summed E-state index contributed by atoms with van der Waals surface area (Å²) >= 11 is 1.52. The lowest BCUT2D eigenvalue weighted by molar-refractivity contribution is 0.190. The van der Waals surface area contributed by atoms with E-state index in [1.807, 2.05) is 44.4 Å². The number of hydrogen-bond acceptors (Lipinski definition) is 5. The van der Waals surface area contributed by atoms with Gasteiger partial charge in [0, 0.05) is 17.1 Å². The van der Waals surface area contributed by atoms with Crippen LogP contribution in [0.3, 0.4) is 0 Å². The number of rotatable bonds is 7. The molecule has 5 heteroatoms. The van der Waals surface area contributed by atoms with Crippen LogP contribution in [0.4, 0.5) is 0 Å². The number of pyridine rings is 1. The Morgan fingerprint density at radius 3 is 2.63 bits per heavy atom. The molecule has 1 unspecified atom stereocenters. The highest BCUT2D eigenvalue weighted by atomic mass is 32.2. The molecule has 0 saturated carbocycles. The van der Waals surface area contributed by atoms with Crippen LogP contribution >= 0.6 is 11.8 Å². The van der Waals surface area contributed by atoms with Crippen LogP contribution in [0.5, 0.6) is 5.75 Å². The van der Waals surface area contributed by atoms with E-state index in [9.17, 15) is 5.11 Å². The molecule has 1 aromatic heterocycles. The molecule has 0 radical (unpaired) electrons. The molecule has 2 N–H and O–H groups in total. The largest absolute Gasteiger partial charge is 0.473 e. The van der Waals surface area contributed by atoms with Crippen LogP contribution in [0.25, 0.3) is 10.9 Å². The predicted octanol–water partition coefficient (Wildman–Crippen LogP) is 4.57. The van der Waals surface area contributed by atoms with Crippen molar-refractivity contribution >= 4 is 22.7 Å². The molecule has 0 aliphatic rings. The van der Waals surface area contributed by atoms with E-state index in [0.717, 1.165) is 16.5 Å². The summed E-state index contributed by atoms with van der Waals surface area (Å²) in [6, 6.07) is 7.59. The number of nitrogens with zero attached hydrogens (tertiary/aromatic N) is 1. The van der Waals surface area contributed by atoms with Gasteiger partial charge in [0.1, 0.15) is 5.75 Å². The Balaban J connectivity index is 0.00000114. The number of aromatic nitrogens is 1. The topological polar surface area (TPSA) is 54.4 Å². The van der Waals surface area contributed by atoms with Gasteiger partial charge in [0.15, 0.2) is 5.44 Å². The van der Waals surface area contributed by atoms with E-state index in [2.05, 4.69) is 36.6 Å². The highest BCUT2D eigenvalue weighted by Gasteiger charge is 2.21. The molecule has 1 heterocycles. The van der Waals surface area contributed by atoms with E-state index in [-0.39, 0.29) is 12.0 Å². The van der Waals surface area contributed by atoms with Gasteiger partial charge in [0.2, 0.25) is 0 Å². The molecule has 0 amide bonds. The van der Waals surface area contributed by atoms with Gasteiger partial charge >= 0.3 is 0 Å². The zero-order chi connectivity index (χ0) is 20.4. The third kappa shape index (κ3) is 7.16. The fourth-order valence-corrected chi connectivity index (χ4v) is 2.73. The zero-order valence-corrected chi connectivity index (χ0v) is 17.7. The first kappa shape index (κ1) is 22.9. The van der Waals surface area contributed by atoms with Crippen molar-refractivity contribution in [2.24, 2.45) is 0 Å². The summed E-state index contributed by atoms with van der Waals surface area (Å²) in [6.07, 6.45) is 10.3. The molecule has 0 aliphatic carbocycles. The Bertz CT molecular complexity index is 796. The lowest BCUT2D eigenvalue weighted by Gasteiger charge is -2.29. The van der Waals surface area contributed by atoms with Crippen LogP contribution < -0.4 is 10.1 Å². The quantitative estimate of drug-likeness (QED) is 0.539. The molecule has 0 saturated heterocycles. The third-order valence-corrected chi connectivity index (χ3v) is 4.26. The van der Waals surface area contributed by atoms with E-state index in [4.69, 9.17) is 11.2 Å². The standard InChI is InChI=1S/C19H22N2O2S.C3H8/c1-6-14-9-15-10-16(7-8-17(15)20-11-14)23-18(24-5)13(2)21-19(3,4)12-22;1-3-2/h1,7-11,18,21-22H,2,12H2,3-5H3;3H2,1-2H3. The van der Waals surface area contributed by atoms with Crippen LogP contribution in [0, 0.1) is 12.3 Å². The lowest BCUT2D eigenvalue weighted by atomic mass is 10.1. The molecule has 2 rings (SSSR count). The van der Waals surface area contributed by atoms with E-state index >= 15 is 0 Å². The number of hydrogen-bond donors (Lipinski definition) is 2. The first-order valence-electron chi connectivity index (χ1n) is 8.93. The molecule has 0 spiro atoms. The van der Waals surface area contributed by atoms with Crippen LogP contribution in [-0.2, 0) is 0 Å². The van der Waals surface area contributed by atoms with E-state index in [1.165, 1.54) is 18.2 Å². The van der Waals surface area contributed by atoms with Gasteiger partial charge in [-0.1, -0.05) is 32.8 Å². The number of benzene rings is 1. The van der Waals surface area contributed by atoms with Crippen molar-refractivity contribution in [2.45, 2.75) is 45.1 Å². The number of thioether (sulfide) groups is 1. The summed E-state index contributed by atoms with van der Waals surface area (Å²) < 4.78 is 6.04. The second-order valence-electron chi connectivity index (χ2n) is 6.81. The zero-order valence-electron chi connectivity index (χ0n) is 16.9. The molecule has 1 atom stereocenters. The number of terminal acetylenes is 1. The van der Waals surface area contributed by atoms with Crippen LogP contribution in [-0.4, -0.2) is 33.9 Å². The molecule has 146 valence electrons. The molecule has 0 bridgehead atoms. The lowest BCUT2D eigenvalue weighted by Crippen LogP contribution is -2.44. The maximum absolute atomic E-state index is 9.38. The monoisotopic (exact) mass is 386 g/mol. The van der Waals surface area contributed by atoms with Crippen molar-refractivity contribution in [3.05, 3.63) is 48.3 Å². The van der Waals surface area contributed by atoms with Gasteiger partial charge in [-0.05, 0) is 44.4 Å². The van der Waals surface area contributed by atoms with Gasteiger partial charge < -0.3 is 15.2 Å². The summed E-state index contributed by atoms with van der Waals surface area (Å²) in [5.41, 5.74) is 1.56. The fraction of sp³-hybridized carbons (Fsp3) is 0.409. The van der Waals surface area contributed by atoms with Gasteiger partial charge in [-0.15, -0.1) is 18.2 Å². The maximum atomic E-state index is 9.38. The summed E-state index contributed by atoms with van der Waals surface area (Å²) in [7, 11) is 0. The Hall–Kier alpha value is -2.16. The minimum Gasteiger partial charge on any atom is -0.473 e. The smallest absolute Gasteiger partial charge is 0.183 e. The second-order valence-corrected chi connectivity index (χ2v) is 7.71. The molecule has 27 heavy (non-hydrogen) atoms. The Morgan fingerprint density at radius 2 is 2.07 bits per heavy atom. The number of aliphatic hydroxyl groups is 1. The Labute approximate surface area is 167 Å². The van der Waals surface area contributed by atoms with Gasteiger partial charge in [0.25, 0.3) is 0 Å². The average Bonchev–Trinajstić information content (AvgIpc) is 2.65. The normalized spacial score (nSPS) is 11.7. The molecular formula is C22H30N2O2S. The van der Waals surface area contributed by atoms with E-state index in [0.29, 0.717) is 11.4 Å². The van der Waals surface area contributed by atoms with Crippen molar-refractivity contribution in [3.8, 4) is 18.1 Å². The molecule has 1 aromatic carbocycles. The number of fused-ring (bicyclic) bond motifs is 1. The highest BCUT2D eigenvalue weighted by molar-refractivity contribution is 7.99. The number of nitrogens with one attached hydrogen (secondary N) is 1. The van der Waals surface area contributed by atoms with Gasteiger partial charge in [-0.25, -0.2) is 0 Å². The molecule has 4 nitrogen and oxygen atoms in total. The van der Waals surface area contributed by atoms with Crippen molar-refractivity contribution in [1.82, 2.24) is 10.3 Å². The molecule has 0 aliphatic heterocycles. The summed E-state index contributed by atoms with van der Waals surface area (Å²) in [6.45, 7) is 12.1. The highest BCUT2D eigenvalue weighted by Crippen LogP contribution is 2.25. The SMILES string of the molecule is C#Cc1cnc2ccc(OC(SC)C(=C)NC(C)(C)CO)cc2c1.CCC. The first-order valence-corrected chi connectivity index (χ1v) is 10.2. The van der Waals surface area contributed by atoms with Crippen molar-refractivity contribution < 1.29 is 9.84 Å². The van der Waals surface area contributed by atoms with Crippen LogP contribution in [0.1, 0.15) is 39.7 Å². The first-order chi connectivity index (χ1) is 12.8. The third-order valence-electron chi connectivity index (χ3n) is 3.46. The predicted molar refractivity (Wildman–Crippen MR) is 117 cm³/mol. The van der Waals surface area contributed by atoms with E-state index < -0.39 is 5.54 Å². The molecule has 2 aromatic rings. The molecular weight excluding hydrogens is 356 g/mol. The van der Waals surface area contributed by atoms with Crippen molar-refractivity contribution in [1.29, 1.82) is 0 Å². The van der Waals surface area contributed by atoms with Gasteiger partial charge in [-0.3, -0.25) is 4.98 Å². The van der Waals surface area contributed by atoms with Gasteiger partial charge in [0.05, 0.1) is 23.4 Å². The number of aliphatic hydroxyl groups excluding tert-OH is 1.